The zero-order valence-corrected chi connectivity index (χ0v) is 12.4. The van der Waals surface area contributed by atoms with E-state index in [9.17, 15) is 13.2 Å². The van der Waals surface area contributed by atoms with Gasteiger partial charge < -0.3 is 9.30 Å². The first-order valence-corrected chi connectivity index (χ1v) is 7.67. The molecule has 0 radical (unpaired) electrons. The van der Waals surface area contributed by atoms with Gasteiger partial charge >= 0.3 is 5.97 Å². The van der Waals surface area contributed by atoms with Crippen molar-refractivity contribution in [1.82, 2.24) is 4.57 Å². The molecule has 2 N–H and O–H groups in total. The molecular formula is C12H20N2O4S. The Morgan fingerprint density at radius 3 is 2.42 bits per heavy atom. The van der Waals surface area contributed by atoms with Crippen molar-refractivity contribution in [3.05, 3.63) is 18.0 Å². The fourth-order valence-corrected chi connectivity index (χ4v) is 2.06. The summed E-state index contributed by atoms with van der Waals surface area (Å²) in [5.41, 5.74) is 0.194. The predicted octanol–water partition coefficient (Wildman–Crippen LogP) is 1.67. The normalized spacial score (nSPS) is 13.6. The highest BCUT2D eigenvalue weighted by atomic mass is 32.2. The van der Waals surface area contributed by atoms with E-state index in [0.717, 1.165) is 0 Å². The molecule has 1 heterocycles. The van der Waals surface area contributed by atoms with Crippen LogP contribution in [0.5, 0.6) is 0 Å². The number of sulfonamides is 1. The molecule has 0 bridgehead atoms. The van der Waals surface area contributed by atoms with E-state index in [1.165, 1.54) is 12.3 Å². The third-order valence-corrected chi connectivity index (χ3v) is 3.68. The van der Waals surface area contributed by atoms with Gasteiger partial charge in [-0.1, -0.05) is 6.92 Å². The maximum absolute atomic E-state index is 12.0. The van der Waals surface area contributed by atoms with Crippen LogP contribution in [0.2, 0.25) is 0 Å². The largest absolute Gasteiger partial charge is 0.458 e. The first-order valence-electron chi connectivity index (χ1n) is 6.12. The van der Waals surface area contributed by atoms with E-state index < -0.39 is 16.0 Å². The molecule has 0 spiro atoms. The first kappa shape index (κ1) is 15.7. The van der Waals surface area contributed by atoms with Crippen LogP contribution in [0, 0.1) is 0 Å². The number of carbonyl (C=O) groups excluding carboxylic acids is 1. The Morgan fingerprint density at radius 2 is 2.00 bits per heavy atom. The predicted molar refractivity (Wildman–Crippen MR) is 71.4 cm³/mol. The number of aromatic nitrogens is 1. The van der Waals surface area contributed by atoms with Gasteiger partial charge in [0.2, 0.25) is 10.0 Å². The van der Waals surface area contributed by atoms with Crippen LogP contribution >= 0.6 is 0 Å². The van der Waals surface area contributed by atoms with Gasteiger partial charge in [-0.05, 0) is 33.3 Å². The summed E-state index contributed by atoms with van der Waals surface area (Å²) in [6.07, 6.45) is 1.82. The second-order valence-electron chi connectivity index (χ2n) is 4.73. The Bertz CT molecular complexity index is 560. The van der Waals surface area contributed by atoms with Gasteiger partial charge in [0, 0.05) is 12.2 Å². The molecule has 108 valence electrons. The number of carbonyl (C=O) groups is 1. The maximum atomic E-state index is 12.0. The van der Waals surface area contributed by atoms with E-state index >= 15 is 0 Å². The molecule has 0 saturated carbocycles. The lowest BCUT2D eigenvalue weighted by Crippen LogP contribution is -2.18. The van der Waals surface area contributed by atoms with Crippen molar-refractivity contribution >= 4 is 16.0 Å². The molecule has 7 heteroatoms. The summed E-state index contributed by atoms with van der Waals surface area (Å²) in [7, 11) is -3.83. The van der Waals surface area contributed by atoms with Gasteiger partial charge in [-0.2, -0.15) is 0 Å². The Kier molecular flexibility index (Phi) is 4.75. The number of hydrogen-bond acceptors (Lipinski definition) is 4. The highest BCUT2D eigenvalue weighted by Crippen LogP contribution is 2.19. The van der Waals surface area contributed by atoms with Crippen LogP contribution < -0.4 is 5.14 Å². The Labute approximate surface area is 113 Å². The summed E-state index contributed by atoms with van der Waals surface area (Å²) >= 11 is 0. The zero-order valence-electron chi connectivity index (χ0n) is 11.6. The molecule has 6 nitrogen and oxygen atoms in total. The maximum Gasteiger partial charge on any atom is 0.355 e. The molecule has 0 saturated heterocycles. The third kappa shape index (κ3) is 3.81. The van der Waals surface area contributed by atoms with Gasteiger partial charge in [0.25, 0.3) is 0 Å². The summed E-state index contributed by atoms with van der Waals surface area (Å²) in [5, 5.41) is 5.07. The lowest BCUT2D eigenvalue weighted by atomic mass is 10.3. The number of ether oxygens (including phenoxy) is 1. The molecule has 0 aliphatic carbocycles. The van der Waals surface area contributed by atoms with Gasteiger partial charge in [-0.3, -0.25) is 0 Å². The van der Waals surface area contributed by atoms with Crippen molar-refractivity contribution in [1.29, 1.82) is 0 Å². The molecule has 1 aromatic heterocycles. The molecule has 1 rings (SSSR count). The standard InChI is InChI=1S/C12H20N2O4S/c1-5-9(4)18-12(15)11-6-10(19(13,16)17)7-14(11)8(2)3/h6-9H,5H2,1-4H3,(H2,13,16,17). The van der Waals surface area contributed by atoms with Crippen molar-refractivity contribution in [3.63, 3.8) is 0 Å². The average molecular weight is 288 g/mol. The van der Waals surface area contributed by atoms with E-state index in [1.54, 1.807) is 11.5 Å². The molecule has 1 atom stereocenters. The number of nitrogens with two attached hydrogens (primary N) is 1. The van der Waals surface area contributed by atoms with E-state index in [2.05, 4.69) is 0 Å². The molecule has 0 aromatic carbocycles. The highest BCUT2D eigenvalue weighted by Gasteiger charge is 2.22. The van der Waals surface area contributed by atoms with Crippen LogP contribution in [0.15, 0.2) is 17.2 Å². The quantitative estimate of drug-likeness (QED) is 0.834. The molecule has 1 unspecified atom stereocenters. The smallest absolute Gasteiger partial charge is 0.355 e. The number of nitrogens with zero attached hydrogens (tertiary/aromatic N) is 1. The fraction of sp³-hybridized carbons (Fsp3) is 0.583. The minimum absolute atomic E-state index is 0.0741. The second-order valence-corrected chi connectivity index (χ2v) is 6.29. The zero-order chi connectivity index (χ0) is 14.8. The molecule has 0 amide bonds. The van der Waals surface area contributed by atoms with Crippen LogP contribution in [0.4, 0.5) is 0 Å². The molecule has 1 aromatic rings. The van der Waals surface area contributed by atoms with Crippen LogP contribution in [-0.2, 0) is 14.8 Å². The Balaban J connectivity index is 3.19. The van der Waals surface area contributed by atoms with Gasteiger partial charge in [-0.15, -0.1) is 0 Å². The lowest BCUT2D eigenvalue weighted by Gasteiger charge is -2.14. The van der Waals surface area contributed by atoms with E-state index in [1.807, 2.05) is 20.8 Å². The number of primary sulfonamides is 1. The minimum atomic E-state index is -3.83. The number of hydrogen-bond donors (Lipinski definition) is 1. The topological polar surface area (TPSA) is 91.4 Å². The SMILES string of the molecule is CCC(C)OC(=O)c1cc(S(N)(=O)=O)cn1C(C)C. The van der Waals surface area contributed by atoms with Crippen molar-refractivity contribution in [2.24, 2.45) is 5.14 Å². The summed E-state index contributed by atoms with van der Waals surface area (Å²) in [6, 6.07) is 1.18. The summed E-state index contributed by atoms with van der Waals surface area (Å²) < 4.78 is 29.4. The van der Waals surface area contributed by atoms with E-state index in [-0.39, 0.29) is 22.7 Å². The lowest BCUT2D eigenvalue weighted by molar-refractivity contribution is 0.0320. The van der Waals surface area contributed by atoms with E-state index in [4.69, 9.17) is 9.88 Å². The number of rotatable bonds is 5. The highest BCUT2D eigenvalue weighted by molar-refractivity contribution is 7.89. The van der Waals surface area contributed by atoms with Crippen molar-refractivity contribution in [3.8, 4) is 0 Å². The molecule has 0 aliphatic rings. The van der Waals surface area contributed by atoms with Gasteiger partial charge in [0.15, 0.2) is 0 Å². The monoisotopic (exact) mass is 288 g/mol. The van der Waals surface area contributed by atoms with Crippen molar-refractivity contribution < 1.29 is 17.9 Å². The summed E-state index contributed by atoms with van der Waals surface area (Å²) in [4.78, 5) is 11.9. The first-order chi connectivity index (χ1) is 8.66. The van der Waals surface area contributed by atoms with Crippen molar-refractivity contribution in [2.45, 2.75) is 51.2 Å². The van der Waals surface area contributed by atoms with Gasteiger partial charge in [0.05, 0.1) is 6.10 Å². The second kappa shape index (κ2) is 5.75. The molecule has 0 fully saturated rings. The van der Waals surface area contributed by atoms with Crippen LogP contribution in [0.3, 0.4) is 0 Å². The molecule has 0 aliphatic heterocycles. The summed E-state index contributed by atoms with van der Waals surface area (Å²) in [6.45, 7) is 7.36. The fourth-order valence-electron chi connectivity index (χ4n) is 1.53. The van der Waals surface area contributed by atoms with E-state index in [0.29, 0.717) is 6.42 Å². The summed E-state index contributed by atoms with van der Waals surface area (Å²) in [5.74, 6) is -0.544. The number of esters is 1. The van der Waals surface area contributed by atoms with Crippen molar-refractivity contribution in [2.75, 3.05) is 0 Å². The van der Waals surface area contributed by atoms with Crippen LogP contribution in [0.1, 0.15) is 50.6 Å². The average Bonchev–Trinajstić information content (AvgIpc) is 2.73. The van der Waals surface area contributed by atoms with Crippen LogP contribution in [-0.4, -0.2) is 25.1 Å². The third-order valence-electron chi connectivity index (χ3n) is 2.80. The van der Waals surface area contributed by atoms with Crippen LogP contribution in [0.25, 0.3) is 0 Å². The van der Waals surface area contributed by atoms with Gasteiger partial charge in [-0.25, -0.2) is 18.4 Å². The molecule has 19 heavy (non-hydrogen) atoms. The molecular weight excluding hydrogens is 268 g/mol. The minimum Gasteiger partial charge on any atom is -0.458 e. The Morgan fingerprint density at radius 1 is 1.42 bits per heavy atom. The van der Waals surface area contributed by atoms with Gasteiger partial charge in [0.1, 0.15) is 10.6 Å². The Hall–Kier alpha value is -1.34.